The minimum absolute atomic E-state index is 0.0736. The number of aryl methyl sites for hydroxylation is 1. The number of carbonyl (C=O) groups excluding carboxylic acids is 1. The second-order valence-electron chi connectivity index (χ2n) is 4.75. The van der Waals surface area contributed by atoms with Gasteiger partial charge in [0.15, 0.2) is 5.75 Å². The lowest BCUT2D eigenvalue weighted by molar-refractivity contribution is 0.256. The SMILES string of the molecule is Cc1ccc(N(C(N)=O)S(C)(=O)=O)c(Oc2ccccc2)c1. The zero-order valence-electron chi connectivity index (χ0n) is 12.2. The summed E-state index contributed by atoms with van der Waals surface area (Å²) in [5.41, 5.74) is 6.14. The van der Waals surface area contributed by atoms with Gasteiger partial charge < -0.3 is 10.5 Å². The van der Waals surface area contributed by atoms with Crippen LogP contribution in [0.2, 0.25) is 0 Å². The van der Waals surface area contributed by atoms with Gasteiger partial charge in [-0.25, -0.2) is 13.2 Å². The summed E-state index contributed by atoms with van der Waals surface area (Å²) < 4.78 is 29.9. The van der Waals surface area contributed by atoms with Gasteiger partial charge in [-0.2, -0.15) is 4.31 Å². The van der Waals surface area contributed by atoms with E-state index in [4.69, 9.17) is 10.5 Å². The number of ether oxygens (including phenoxy) is 1. The van der Waals surface area contributed by atoms with E-state index in [1.165, 1.54) is 6.07 Å². The molecule has 6 nitrogen and oxygen atoms in total. The van der Waals surface area contributed by atoms with E-state index in [0.29, 0.717) is 10.1 Å². The van der Waals surface area contributed by atoms with Crippen LogP contribution in [0.1, 0.15) is 5.56 Å². The minimum Gasteiger partial charge on any atom is -0.455 e. The maximum Gasteiger partial charge on any atom is 0.333 e. The van der Waals surface area contributed by atoms with Gasteiger partial charge in [-0.1, -0.05) is 24.3 Å². The molecule has 0 atom stereocenters. The van der Waals surface area contributed by atoms with Crippen LogP contribution in [-0.4, -0.2) is 20.7 Å². The number of nitrogens with two attached hydrogens (primary N) is 1. The van der Waals surface area contributed by atoms with E-state index in [0.717, 1.165) is 11.8 Å². The lowest BCUT2D eigenvalue weighted by Gasteiger charge is -2.21. The summed E-state index contributed by atoms with van der Waals surface area (Å²) >= 11 is 0. The van der Waals surface area contributed by atoms with Crippen molar-refractivity contribution >= 4 is 21.7 Å². The second kappa shape index (κ2) is 6.07. The third-order valence-electron chi connectivity index (χ3n) is 2.84. The van der Waals surface area contributed by atoms with Gasteiger partial charge in [0, 0.05) is 0 Å². The Balaban J connectivity index is 2.54. The predicted octanol–water partition coefficient (Wildman–Crippen LogP) is 2.63. The van der Waals surface area contributed by atoms with Crippen molar-refractivity contribution in [1.82, 2.24) is 0 Å². The van der Waals surface area contributed by atoms with E-state index >= 15 is 0 Å². The molecule has 0 aliphatic carbocycles. The number of carbonyl (C=O) groups is 1. The highest BCUT2D eigenvalue weighted by Gasteiger charge is 2.26. The van der Waals surface area contributed by atoms with E-state index in [-0.39, 0.29) is 11.4 Å². The number of para-hydroxylation sites is 1. The van der Waals surface area contributed by atoms with Crippen LogP contribution in [0.3, 0.4) is 0 Å². The number of hydrogen-bond donors (Lipinski definition) is 1. The van der Waals surface area contributed by atoms with Crippen LogP contribution in [0.15, 0.2) is 48.5 Å². The molecule has 116 valence electrons. The summed E-state index contributed by atoms with van der Waals surface area (Å²) in [6, 6.07) is 12.6. The van der Waals surface area contributed by atoms with E-state index in [2.05, 4.69) is 0 Å². The largest absolute Gasteiger partial charge is 0.455 e. The number of nitrogens with zero attached hydrogens (tertiary/aromatic N) is 1. The maximum absolute atomic E-state index is 11.8. The molecule has 0 saturated carbocycles. The van der Waals surface area contributed by atoms with Crippen LogP contribution in [0.4, 0.5) is 10.5 Å². The minimum atomic E-state index is -3.87. The molecule has 0 aromatic heterocycles. The van der Waals surface area contributed by atoms with E-state index in [1.807, 2.05) is 13.0 Å². The van der Waals surface area contributed by atoms with Gasteiger partial charge in [0.05, 0.1) is 6.26 Å². The van der Waals surface area contributed by atoms with Crippen LogP contribution in [0.5, 0.6) is 11.5 Å². The summed E-state index contributed by atoms with van der Waals surface area (Å²) in [4.78, 5) is 11.5. The van der Waals surface area contributed by atoms with Crippen LogP contribution < -0.4 is 14.8 Å². The zero-order chi connectivity index (χ0) is 16.3. The molecule has 0 saturated heterocycles. The molecule has 0 aliphatic heterocycles. The molecule has 0 bridgehead atoms. The highest BCUT2D eigenvalue weighted by Crippen LogP contribution is 2.34. The van der Waals surface area contributed by atoms with Gasteiger partial charge in [0.2, 0.25) is 10.0 Å². The Morgan fingerprint density at radius 2 is 1.77 bits per heavy atom. The van der Waals surface area contributed by atoms with Gasteiger partial charge in [-0.15, -0.1) is 0 Å². The summed E-state index contributed by atoms with van der Waals surface area (Å²) in [6.45, 7) is 1.83. The van der Waals surface area contributed by atoms with Crippen molar-refractivity contribution < 1.29 is 17.9 Å². The number of primary amides is 1. The Morgan fingerprint density at radius 3 is 2.32 bits per heavy atom. The first kappa shape index (κ1) is 15.8. The summed E-state index contributed by atoms with van der Waals surface area (Å²) in [7, 11) is -3.87. The van der Waals surface area contributed by atoms with Gasteiger partial charge >= 0.3 is 6.03 Å². The van der Waals surface area contributed by atoms with Crippen LogP contribution >= 0.6 is 0 Å². The van der Waals surface area contributed by atoms with Crippen molar-refractivity contribution in [2.24, 2.45) is 5.73 Å². The fraction of sp³-hybridized carbons (Fsp3) is 0.133. The average Bonchev–Trinajstić information content (AvgIpc) is 2.41. The molecule has 2 amide bonds. The molecule has 7 heteroatoms. The lowest BCUT2D eigenvalue weighted by atomic mass is 10.2. The number of urea groups is 1. The third kappa shape index (κ3) is 3.56. The summed E-state index contributed by atoms with van der Waals surface area (Å²) in [5.74, 6) is 0.752. The van der Waals surface area contributed by atoms with Crippen LogP contribution in [0, 0.1) is 6.92 Å². The quantitative estimate of drug-likeness (QED) is 0.937. The Morgan fingerprint density at radius 1 is 1.14 bits per heavy atom. The van der Waals surface area contributed by atoms with Crippen molar-refractivity contribution in [2.45, 2.75) is 6.92 Å². The van der Waals surface area contributed by atoms with Gasteiger partial charge in [0.1, 0.15) is 11.4 Å². The Bertz CT molecular complexity index is 788. The predicted molar refractivity (Wildman–Crippen MR) is 84.6 cm³/mol. The van der Waals surface area contributed by atoms with Crippen molar-refractivity contribution in [1.29, 1.82) is 0 Å². The molecule has 22 heavy (non-hydrogen) atoms. The van der Waals surface area contributed by atoms with Crippen molar-refractivity contribution in [3.05, 3.63) is 54.1 Å². The number of amides is 2. The molecule has 2 aromatic carbocycles. The summed E-state index contributed by atoms with van der Waals surface area (Å²) in [5, 5.41) is 0. The highest BCUT2D eigenvalue weighted by atomic mass is 32.2. The number of hydrogen-bond acceptors (Lipinski definition) is 4. The molecule has 2 rings (SSSR count). The molecule has 0 fully saturated rings. The average molecular weight is 320 g/mol. The summed E-state index contributed by atoms with van der Waals surface area (Å²) in [6.07, 6.45) is 0.907. The van der Waals surface area contributed by atoms with Gasteiger partial charge in [0.25, 0.3) is 0 Å². The van der Waals surface area contributed by atoms with E-state index in [1.54, 1.807) is 36.4 Å². The third-order valence-corrected chi connectivity index (χ3v) is 3.88. The van der Waals surface area contributed by atoms with Crippen LogP contribution in [0.25, 0.3) is 0 Å². The molecule has 2 aromatic rings. The molecule has 0 spiro atoms. The molecule has 0 unspecified atom stereocenters. The Labute approximate surface area is 129 Å². The molecule has 2 N–H and O–H groups in total. The van der Waals surface area contributed by atoms with Crippen molar-refractivity contribution in [3.8, 4) is 11.5 Å². The molecule has 0 aliphatic rings. The van der Waals surface area contributed by atoms with E-state index < -0.39 is 16.1 Å². The fourth-order valence-corrected chi connectivity index (χ4v) is 2.78. The van der Waals surface area contributed by atoms with Crippen LogP contribution in [-0.2, 0) is 10.0 Å². The molecular weight excluding hydrogens is 304 g/mol. The first-order chi connectivity index (χ1) is 10.3. The molecular formula is C15H16N2O4S. The monoisotopic (exact) mass is 320 g/mol. The standard InChI is InChI=1S/C15H16N2O4S/c1-11-8-9-13(17(15(16)18)22(2,19)20)14(10-11)21-12-6-4-3-5-7-12/h3-10H,1-2H3,(H2,16,18). The number of sulfonamides is 1. The van der Waals surface area contributed by atoms with Crippen molar-refractivity contribution in [2.75, 3.05) is 10.6 Å². The normalized spacial score (nSPS) is 11.0. The van der Waals surface area contributed by atoms with Gasteiger partial charge in [-0.3, -0.25) is 0 Å². The first-order valence-corrected chi connectivity index (χ1v) is 8.27. The number of rotatable bonds is 4. The number of benzene rings is 2. The smallest absolute Gasteiger partial charge is 0.333 e. The molecule has 0 radical (unpaired) electrons. The topological polar surface area (TPSA) is 89.7 Å². The van der Waals surface area contributed by atoms with E-state index in [9.17, 15) is 13.2 Å². The van der Waals surface area contributed by atoms with Gasteiger partial charge in [-0.05, 0) is 36.8 Å². The highest BCUT2D eigenvalue weighted by molar-refractivity contribution is 7.92. The Hall–Kier alpha value is -2.54. The number of anilines is 1. The maximum atomic E-state index is 11.8. The second-order valence-corrected chi connectivity index (χ2v) is 6.58. The first-order valence-electron chi connectivity index (χ1n) is 6.42. The zero-order valence-corrected chi connectivity index (χ0v) is 13.0. The lowest BCUT2D eigenvalue weighted by Crippen LogP contribution is -2.40. The molecule has 0 heterocycles. The Kier molecular flexibility index (Phi) is 4.37. The van der Waals surface area contributed by atoms with Crippen molar-refractivity contribution in [3.63, 3.8) is 0 Å². The fourth-order valence-electron chi connectivity index (χ4n) is 1.95.